The molecule has 6 nitrogen and oxygen atoms in total. The molecular weight excluding hydrogens is 336 g/mol. The number of anilines is 1. The highest BCUT2D eigenvalue weighted by Gasteiger charge is 2.21. The van der Waals surface area contributed by atoms with E-state index in [1.807, 2.05) is 11.4 Å². The van der Waals surface area contributed by atoms with Gasteiger partial charge in [-0.2, -0.15) is 0 Å². The lowest BCUT2D eigenvalue weighted by atomic mass is 10.1. The van der Waals surface area contributed by atoms with Gasteiger partial charge in [-0.3, -0.25) is 14.2 Å². The molecule has 1 N–H and O–H groups in total. The molecule has 25 heavy (non-hydrogen) atoms. The van der Waals surface area contributed by atoms with E-state index in [-0.39, 0.29) is 18.0 Å². The van der Waals surface area contributed by atoms with E-state index in [0.717, 1.165) is 37.9 Å². The fourth-order valence-electron chi connectivity index (χ4n) is 3.11. The molecule has 0 bridgehead atoms. The second-order valence-electron chi connectivity index (χ2n) is 7.02. The van der Waals surface area contributed by atoms with Crippen LogP contribution in [0.4, 0.5) is 5.95 Å². The third-order valence-electron chi connectivity index (χ3n) is 4.53. The Balaban J connectivity index is 1.87. The normalized spacial score (nSPS) is 15.1. The number of amides is 1. The average Bonchev–Trinajstić information content (AvgIpc) is 3.06. The zero-order valence-electron chi connectivity index (χ0n) is 15.0. The molecule has 2 aromatic heterocycles. The molecule has 0 aromatic carbocycles. The number of aromatic nitrogens is 2. The molecular formula is C18H26N4O2S. The van der Waals surface area contributed by atoms with Gasteiger partial charge in [0, 0.05) is 19.6 Å². The van der Waals surface area contributed by atoms with Crippen LogP contribution in [0.25, 0.3) is 10.2 Å². The molecule has 3 rings (SSSR count). The summed E-state index contributed by atoms with van der Waals surface area (Å²) >= 11 is 1.39. The maximum absolute atomic E-state index is 12.9. The lowest BCUT2D eigenvalue weighted by Crippen LogP contribution is -2.39. The van der Waals surface area contributed by atoms with Gasteiger partial charge in [0.15, 0.2) is 0 Å². The van der Waals surface area contributed by atoms with Crippen molar-refractivity contribution in [2.45, 2.75) is 46.1 Å². The van der Waals surface area contributed by atoms with Gasteiger partial charge in [0.05, 0.1) is 5.52 Å². The van der Waals surface area contributed by atoms with Crippen LogP contribution in [0.2, 0.25) is 0 Å². The average molecular weight is 362 g/mol. The third-order valence-corrected chi connectivity index (χ3v) is 5.42. The number of carbonyl (C=O) groups is 1. The lowest BCUT2D eigenvalue weighted by Gasteiger charge is -2.29. The summed E-state index contributed by atoms with van der Waals surface area (Å²) < 4.78 is 2.17. The van der Waals surface area contributed by atoms with Crippen LogP contribution in [0.1, 0.15) is 39.5 Å². The number of thiophene rings is 1. The highest BCUT2D eigenvalue weighted by molar-refractivity contribution is 7.17. The summed E-state index contributed by atoms with van der Waals surface area (Å²) in [4.78, 5) is 32.1. The largest absolute Gasteiger partial charge is 0.355 e. The Morgan fingerprint density at radius 3 is 2.80 bits per heavy atom. The maximum atomic E-state index is 12.9. The summed E-state index contributed by atoms with van der Waals surface area (Å²) in [6.45, 7) is 6.69. The highest BCUT2D eigenvalue weighted by atomic mass is 32.1. The molecule has 1 amide bonds. The molecule has 3 heterocycles. The van der Waals surface area contributed by atoms with E-state index in [0.29, 0.717) is 23.1 Å². The van der Waals surface area contributed by atoms with Crippen LogP contribution in [-0.4, -0.2) is 35.1 Å². The number of nitrogens with zero attached hydrogens (tertiary/aromatic N) is 3. The Labute approximate surface area is 151 Å². The van der Waals surface area contributed by atoms with Crippen LogP contribution in [0, 0.1) is 5.92 Å². The predicted molar refractivity (Wildman–Crippen MR) is 102 cm³/mol. The van der Waals surface area contributed by atoms with Gasteiger partial charge in [0.2, 0.25) is 11.9 Å². The minimum atomic E-state index is -0.126. The lowest BCUT2D eigenvalue weighted by molar-refractivity contribution is -0.121. The quantitative estimate of drug-likeness (QED) is 0.858. The molecule has 1 fully saturated rings. The van der Waals surface area contributed by atoms with E-state index in [4.69, 9.17) is 4.98 Å². The SMILES string of the molecule is CC(C)CCNC(=O)Cn1c(N2CCCCC2)nc2ccsc2c1=O. The van der Waals surface area contributed by atoms with Crippen molar-refractivity contribution >= 4 is 33.4 Å². The molecule has 1 aliphatic rings. The first-order chi connectivity index (χ1) is 12.1. The summed E-state index contributed by atoms with van der Waals surface area (Å²) in [5.74, 6) is 1.05. The molecule has 0 saturated carbocycles. The molecule has 1 aliphatic heterocycles. The fraction of sp³-hybridized carbons (Fsp3) is 0.611. The van der Waals surface area contributed by atoms with Gasteiger partial charge in [0.25, 0.3) is 5.56 Å². The van der Waals surface area contributed by atoms with Crippen molar-refractivity contribution in [1.29, 1.82) is 0 Å². The Hall–Kier alpha value is -1.89. The smallest absolute Gasteiger partial charge is 0.273 e. The first-order valence-electron chi connectivity index (χ1n) is 9.06. The second kappa shape index (κ2) is 7.99. The van der Waals surface area contributed by atoms with Crippen LogP contribution in [0.15, 0.2) is 16.2 Å². The monoisotopic (exact) mass is 362 g/mol. The summed E-state index contributed by atoms with van der Waals surface area (Å²) in [5, 5.41) is 4.80. The Morgan fingerprint density at radius 1 is 1.32 bits per heavy atom. The van der Waals surface area contributed by atoms with Crippen molar-refractivity contribution in [3.8, 4) is 0 Å². The van der Waals surface area contributed by atoms with Crippen molar-refractivity contribution < 1.29 is 4.79 Å². The number of hydrogen-bond acceptors (Lipinski definition) is 5. The maximum Gasteiger partial charge on any atom is 0.273 e. The minimum absolute atomic E-state index is 0.0314. The van der Waals surface area contributed by atoms with E-state index in [1.54, 1.807) is 4.57 Å². The van der Waals surface area contributed by atoms with Gasteiger partial charge in [-0.25, -0.2) is 4.98 Å². The topological polar surface area (TPSA) is 67.2 Å². The second-order valence-corrected chi connectivity index (χ2v) is 7.93. The number of fused-ring (bicyclic) bond motifs is 1. The van der Waals surface area contributed by atoms with E-state index in [2.05, 4.69) is 24.1 Å². The number of rotatable bonds is 6. The van der Waals surface area contributed by atoms with Gasteiger partial charge < -0.3 is 10.2 Å². The summed E-state index contributed by atoms with van der Waals surface area (Å²) in [7, 11) is 0. The number of piperidine rings is 1. The van der Waals surface area contributed by atoms with Crippen LogP contribution in [0.3, 0.4) is 0 Å². The molecule has 0 aliphatic carbocycles. The molecule has 0 radical (unpaired) electrons. The van der Waals surface area contributed by atoms with Crippen molar-refractivity contribution in [3.63, 3.8) is 0 Å². The van der Waals surface area contributed by atoms with Crippen LogP contribution < -0.4 is 15.8 Å². The van der Waals surface area contributed by atoms with Gasteiger partial charge >= 0.3 is 0 Å². The first kappa shape index (κ1) is 17.9. The predicted octanol–water partition coefficient (Wildman–Crippen LogP) is 2.61. The molecule has 2 aromatic rings. The van der Waals surface area contributed by atoms with Gasteiger partial charge in [0.1, 0.15) is 11.2 Å². The van der Waals surface area contributed by atoms with Crippen LogP contribution in [0.5, 0.6) is 0 Å². The van der Waals surface area contributed by atoms with Crippen LogP contribution >= 0.6 is 11.3 Å². The fourth-order valence-corrected chi connectivity index (χ4v) is 3.89. The minimum Gasteiger partial charge on any atom is -0.355 e. The third kappa shape index (κ3) is 4.21. The van der Waals surface area contributed by atoms with E-state index in [9.17, 15) is 9.59 Å². The Morgan fingerprint density at radius 2 is 2.08 bits per heavy atom. The number of hydrogen-bond donors (Lipinski definition) is 1. The van der Waals surface area contributed by atoms with Gasteiger partial charge in [-0.15, -0.1) is 11.3 Å². The number of nitrogens with one attached hydrogen (secondary N) is 1. The molecule has 7 heteroatoms. The molecule has 0 atom stereocenters. The van der Waals surface area contributed by atoms with Crippen molar-refractivity contribution in [2.75, 3.05) is 24.5 Å². The Bertz CT molecular complexity index is 790. The molecule has 0 spiro atoms. The highest BCUT2D eigenvalue weighted by Crippen LogP contribution is 2.22. The van der Waals surface area contributed by atoms with Crippen molar-refractivity contribution in [3.05, 3.63) is 21.8 Å². The summed E-state index contributed by atoms with van der Waals surface area (Å²) in [6, 6.07) is 1.88. The van der Waals surface area contributed by atoms with E-state index >= 15 is 0 Å². The number of carbonyl (C=O) groups excluding carboxylic acids is 1. The molecule has 136 valence electrons. The van der Waals surface area contributed by atoms with E-state index < -0.39 is 0 Å². The molecule has 1 saturated heterocycles. The van der Waals surface area contributed by atoms with Crippen molar-refractivity contribution in [2.24, 2.45) is 5.92 Å². The first-order valence-corrected chi connectivity index (χ1v) is 9.94. The van der Waals surface area contributed by atoms with Crippen LogP contribution in [-0.2, 0) is 11.3 Å². The zero-order chi connectivity index (χ0) is 17.8. The summed E-state index contributed by atoms with van der Waals surface area (Å²) in [5.41, 5.74) is 0.617. The van der Waals surface area contributed by atoms with Crippen molar-refractivity contribution in [1.82, 2.24) is 14.9 Å². The molecule has 0 unspecified atom stereocenters. The van der Waals surface area contributed by atoms with Gasteiger partial charge in [-0.1, -0.05) is 13.8 Å². The zero-order valence-corrected chi connectivity index (χ0v) is 15.8. The standard InChI is InChI=1S/C18H26N4O2S/c1-13(2)6-8-19-15(23)12-22-17(24)16-14(7-11-25-16)20-18(22)21-9-4-3-5-10-21/h7,11,13H,3-6,8-10,12H2,1-2H3,(H,19,23). The Kier molecular flexibility index (Phi) is 5.73. The van der Waals surface area contributed by atoms with E-state index in [1.165, 1.54) is 17.8 Å². The summed E-state index contributed by atoms with van der Waals surface area (Å²) in [6.07, 6.45) is 4.33. The van der Waals surface area contributed by atoms with Gasteiger partial charge in [-0.05, 0) is 43.0 Å².